The Hall–Kier alpha value is -1.11. The molecular formula is C15H18N2O2S2. The number of thioether (sulfide) groups is 1. The number of rotatable bonds is 1. The molecule has 6 heteroatoms. The normalized spacial score (nSPS) is 28.3. The van der Waals surface area contributed by atoms with Gasteiger partial charge >= 0.3 is 0 Å². The van der Waals surface area contributed by atoms with Crippen molar-refractivity contribution in [2.75, 3.05) is 13.1 Å². The first kappa shape index (κ1) is 14.8. The Morgan fingerprint density at radius 1 is 1.38 bits per heavy atom. The molecule has 1 aromatic rings. The fourth-order valence-corrected chi connectivity index (χ4v) is 4.37. The highest BCUT2D eigenvalue weighted by molar-refractivity contribution is 8.18. The summed E-state index contributed by atoms with van der Waals surface area (Å²) in [5.74, 6) is -0.130. The Bertz CT molecular complexity index is 611. The average Bonchev–Trinajstić information content (AvgIpc) is 2.97. The van der Waals surface area contributed by atoms with Gasteiger partial charge in [0.2, 0.25) is 0 Å². The summed E-state index contributed by atoms with van der Waals surface area (Å²) in [6.07, 6.45) is 2.29. The summed E-state index contributed by atoms with van der Waals surface area (Å²) in [5, 5.41) is 2.85. The molecule has 2 atom stereocenters. The van der Waals surface area contributed by atoms with Gasteiger partial charge in [0.15, 0.2) is 5.17 Å². The lowest BCUT2D eigenvalue weighted by molar-refractivity contribution is -0.113. The van der Waals surface area contributed by atoms with Crippen molar-refractivity contribution in [1.82, 2.24) is 4.90 Å². The molecule has 0 radical (unpaired) electrons. The van der Waals surface area contributed by atoms with Crippen LogP contribution in [0.5, 0.6) is 0 Å². The monoisotopic (exact) mass is 322 g/mol. The molecule has 1 saturated heterocycles. The van der Waals surface area contributed by atoms with Crippen molar-refractivity contribution in [1.29, 1.82) is 0 Å². The Morgan fingerprint density at radius 2 is 2.10 bits per heavy atom. The Kier molecular flexibility index (Phi) is 4.19. The van der Waals surface area contributed by atoms with Crippen molar-refractivity contribution in [3.8, 4) is 0 Å². The van der Waals surface area contributed by atoms with Crippen molar-refractivity contribution in [2.45, 2.75) is 33.0 Å². The van der Waals surface area contributed by atoms with Crippen molar-refractivity contribution in [2.24, 2.45) is 4.99 Å². The maximum Gasteiger partial charge on any atom is 0.286 e. The van der Waals surface area contributed by atoms with Crippen LogP contribution in [0.3, 0.4) is 0 Å². The standard InChI is InChI=1S/C15H18N2O2S2/c1-9-4-5-20-12(9)6-13-14(18)16-15(21-13)17-7-10(2)19-11(3)8-17/h4-6,10-11H,7-8H2,1-3H3/b13-6-. The van der Waals surface area contributed by atoms with Crippen LogP contribution < -0.4 is 0 Å². The van der Waals surface area contributed by atoms with Crippen LogP contribution in [0.4, 0.5) is 0 Å². The molecule has 0 N–H and O–H groups in total. The van der Waals surface area contributed by atoms with Gasteiger partial charge in [0.05, 0.1) is 17.1 Å². The summed E-state index contributed by atoms with van der Waals surface area (Å²) in [4.78, 5) is 20.3. The molecule has 112 valence electrons. The van der Waals surface area contributed by atoms with E-state index in [2.05, 4.69) is 36.7 Å². The minimum Gasteiger partial charge on any atom is -0.372 e. The summed E-state index contributed by atoms with van der Waals surface area (Å²) in [7, 11) is 0. The number of aryl methyl sites for hydroxylation is 1. The van der Waals surface area contributed by atoms with Crippen LogP contribution >= 0.6 is 23.1 Å². The van der Waals surface area contributed by atoms with Crippen LogP contribution in [0.25, 0.3) is 6.08 Å². The van der Waals surface area contributed by atoms with E-state index in [-0.39, 0.29) is 18.1 Å². The summed E-state index contributed by atoms with van der Waals surface area (Å²) in [6, 6.07) is 2.06. The molecule has 3 rings (SSSR count). The van der Waals surface area contributed by atoms with Gasteiger partial charge in [-0.15, -0.1) is 11.3 Å². The van der Waals surface area contributed by atoms with Gasteiger partial charge in [-0.3, -0.25) is 4.79 Å². The first-order valence-electron chi connectivity index (χ1n) is 7.00. The summed E-state index contributed by atoms with van der Waals surface area (Å²) in [6.45, 7) is 7.73. The van der Waals surface area contributed by atoms with Crippen molar-refractivity contribution in [3.63, 3.8) is 0 Å². The largest absolute Gasteiger partial charge is 0.372 e. The second-order valence-corrected chi connectivity index (χ2v) is 7.40. The molecule has 2 unspecified atom stereocenters. The maximum atomic E-state index is 12.1. The van der Waals surface area contributed by atoms with Crippen LogP contribution in [-0.2, 0) is 9.53 Å². The Labute approximate surface area is 132 Å². The smallest absolute Gasteiger partial charge is 0.286 e. The predicted octanol–water partition coefficient (Wildman–Crippen LogP) is 3.14. The third kappa shape index (κ3) is 3.22. The number of ether oxygens (including phenoxy) is 1. The first-order chi connectivity index (χ1) is 10.0. The van der Waals surface area contributed by atoms with Gasteiger partial charge in [-0.2, -0.15) is 4.99 Å². The molecule has 1 fully saturated rings. The first-order valence-corrected chi connectivity index (χ1v) is 8.69. The Morgan fingerprint density at radius 3 is 2.71 bits per heavy atom. The van der Waals surface area contributed by atoms with Crippen molar-refractivity contribution in [3.05, 3.63) is 26.8 Å². The van der Waals surface area contributed by atoms with Gasteiger partial charge in [-0.25, -0.2) is 0 Å². The summed E-state index contributed by atoms with van der Waals surface area (Å²) >= 11 is 3.12. The lowest BCUT2D eigenvalue weighted by Crippen LogP contribution is -2.47. The number of amides is 1. The molecule has 0 saturated carbocycles. The van der Waals surface area contributed by atoms with Gasteiger partial charge in [0.1, 0.15) is 0 Å². The quantitative estimate of drug-likeness (QED) is 0.745. The zero-order valence-electron chi connectivity index (χ0n) is 12.3. The molecule has 2 aliphatic heterocycles. The molecule has 3 heterocycles. The van der Waals surface area contributed by atoms with E-state index in [9.17, 15) is 4.79 Å². The number of nitrogens with zero attached hydrogens (tertiary/aromatic N) is 2. The molecule has 2 aliphatic rings. The average molecular weight is 322 g/mol. The lowest BCUT2D eigenvalue weighted by Gasteiger charge is -2.35. The van der Waals surface area contributed by atoms with Crippen molar-refractivity contribution < 1.29 is 9.53 Å². The number of carbonyl (C=O) groups is 1. The van der Waals surface area contributed by atoms with Crippen LogP contribution in [0.2, 0.25) is 0 Å². The molecule has 0 spiro atoms. The van der Waals surface area contributed by atoms with E-state index in [0.29, 0.717) is 4.91 Å². The van der Waals surface area contributed by atoms with E-state index in [4.69, 9.17) is 4.74 Å². The molecule has 0 bridgehead atoms. The third-order valence-corrected chi connectivity index (χ3v) is 5.47. The van der Waals surface area contributed by atoms with Crippen LogP contribution in [0, 0.1) is 6.92 Å². The van der Waals surface area contributed by atoms with E-state index in [0.717, 1.165) is 23.1 Å². The molecular weight excluding hydrogens is 304 g/mol. The SMILES string of the molecule is Cc1ccsc1/C=C1\SC(N2CC(C)OC(C)C2)=NC1=O. The minimum atomic E-state index is -0.130. The molecule has 0 aromatic carbocycles. The van der Waals surface area contributed by atoms with Crippen LogP contribution in [-0.4, -0.2) is 41.3 Å². The number of amidine groups is 1. The number of thiophene rings is 1. The number of hydrogen-bond donors (Lipinski definition) is 0. The highest BCUT2D eigenvalue weighted by Crippen LogP contribution is 2.33. The molecule has 1 aromatic heterocycles. The summed E-state index contributed by atoms with van der Waals surface area (Å²) < 4.78 is 5.73. The number of morpholine rings is 1. The molecule has 1 amide bonds. The number of carbonyl (C=O) groups excluding carboxylic acids is 1. The highest BCUT2D eigenvalue weighted by Gasteiger charge is 2.31. The summed E-state index contributed by atoms with van der Waals surface area (Å²) in [5.41, 5.74) is 1.20. The molecule has 0 aliphatic carbocycles. The zero-order valence-corrected chi connectivity index (χ0v) is 14.0. The zero-order chi connectivity index (χ0) is 15.0. The lowest BCUT2D eigenvalue weighted by atomic mass is 10.2. The second-order valence-electron chi connectivity index (χ2n) is 5.44. The highest BCUT2D eigenvalue weighted by atomic mass is 32.2. The topological polar surface area (TPSA) is 41.9 Å². The number of hydrogen-bond acceptors (Lipinski definition) is 5. The fourth-order valence-electron chi connectivity index (χ4n) is 2.52. The van der Waals surface area contributed by atoms with Gasteiger partial charge in [0, 0.05) is 18.0 Å². The maximum absolute atomic E-state index is 12.1. The van der Waals surface area contributed by atoms with Crippen molar-refractivity contribution >= 4 is 40.2 Å². The van der Waals surface area contributed by atoms with Crippen LogP contribution in [0.15, 0.2) is 21.3 Å². The molecule has 21 heavy (non-hydrogen) atoms. The predicted molar refractivity (Wildman–Crippen MR) is 88.6 cm³/mol. The van der Waals surface area contributed by atoms with Gasteiger partial charge in [-0.05, 0) is 55.6 Å². The second kappa shape index (κ2) is 5.94. The molecule has 4 nitrogen and oxygen atoms in total. The van der Waals surface area contributed by atoms with E-state index in [1.165, 1.54) is 17.3 Å². The van der Waals surface area contributed by atoms with E-state index in [1.54, 1.807) is 11.3 Å². The minimum absolute atomic E-state index is 0.130. The van der Waals surface area contributed by atoms with Gasteiger partial charge in [-0.1, -0.05) is 0 Å². The Balaban J connectivity index is 1.76. The number of aliphatic imine (C=N–C) groups is 1. The van der Waals surface area contributed by atoms with Crippen LogP contribution in [0.1, 0.15) is 24.3 Å². The van der Waals surface area contributed by atoms with E-state index in [1.807, 2.05) is 11.5 Å². The van der Waals surface area contributed by atoms with Gasteiger partial charge in [0.25, 0.3) is 5.91 Å². The fraction of sp³-hybridized carbons (Fsp3) is 0.467. The van der Waals surface area contributed by atoms with E-state index >= 15 is 0 Å². The third-order valence-electron chi connectivity index (χ3n) is 3.46. The van der Waals surface area contributed by atoms with Gasteiger partial charge < -0.3 is 9.64 Å². The van der Waals surface area contributed by atoms with E-state index < -0.39 is 0 Å².